The van der Waals surface area contributed by atoms with E-state index in [0.717, 1.165) is 5.69 Å². The zero-order valence-electron chi connectivity index (χ0n) is 16.6. The highest BCUT2D eigenvalue weighted by atomic mass is 16.5. The van der Waals surface area contributed by atoms with E-state index in [1.54, 1.807) is 37.1 Å². The fourth-order valence-corrected chi connectivity index (χ4v) is 3.18. The van der Waals surface area contributed by atoms with Gasteiger partial charge in [0, 0.05) is 18.5 Å². The average Bonchev–Trinajstić information content (AvgIpc) is 3.41. The number of aryl methyl sites for hydroxylation is 1. The van der Waals surface area contributed by atoms with Crippen molar-refractivity contribution in [3.63, 3.8) is 0 Å². The third-order valence-corrected chi connectivity index (χ3v) is 4.64. The van der Waals surface area contributed by atoms with Gasteiger partial charge in [0.1, 0.15) is 0 Å². The molecule has 0 N–H and O–H groups in total. The summed E-state index contributed by atoms with van der Waals surface area (Å²) in [6.45, 7) is 0.396. The van der Waals surface area contributed by atoms with E-state index in [1.165, 1.54) is 4.57 Å². The normalized spacial score (nSPS) is 10.9. The van der Waals surface area contributed by atoms with E-state index in [1.807, 2.05) is 30.3 Å². The first-order valence-electron chi connectivity index (χ1n) is 9.33. The first-order valence-corrected chi connectivity index (χ1v) is 9.33. The number of para-hydroxylation sites is 1. The van der Waals surface area contributed by atoms with E-state index in [9.17, 15) is 4.79 Å². The van der Waals surface area contributed by atoms with Gasteiger partial charge in [0.25, 0.3) is 0 Å². The summed E-state index contributed by atoms with van der Waals surface area (Å²) in [7, 11) is 3.11. The molecule has 0 radical (unpaired) electrons. The van der Waals surface area contributed by atoms with Crippen LogP contribution in [0.4, 0.5) is 0 Å². The number of benzene rings is 2. The second-order valence-electron chi connectivity index (χ2n) is 6.44. The Labute approximate surface area is 171 Å². The highest BCUT2D eigenvalue weighted by Crippen LogP contribution is 2.31. The lowest BCUT2D eigenvalue weighted by atomic mass is 10.2. The fourth-order valence-electron chi connectivity index (χ4n) is 3.18. The van der Waals surface area contributed by atoms with Gasteiger partial charge in [-0.2, -0.15) is 4.68 Å². The summed E-state index contributed by atoms with van der Waals surface area (Å²) in [6, 6.07) is 14.9. The number of methoxy groups -OCH3 is 2. The van der Waals surface area contributed by atoms with Crippen LogP contribution in [0.3, 0.4) is 0 Å². The van der Waals surface area contributed by atoms with Gasteiger partial charge >= 0.3 is 5.76 Å². The van der Waals surface area contributed by atoms with E-state index in [2.05, 4.69) is 20.7 Å². The standard InChI is InChI=1S/C20H20N6O4/c1-28-16-11-10-14(13-17(16)29-2)19-22-30-20(27)25(19)12-6-9-18-21-23-24-26(18)15-7-4-3-5-8-15/h3-5,7-8,10-11,13H,6,9,12H2,1-2H3. The van der Waals surface area contributed by atoms with Gasteiger partial charge in [-0.1, -0.05) is 23.4 Å². The minimum absolute atomic E-state index is 0.396. The molecular weight excluding hydrogens is 388 g/mol. The van der Waals surface area contributed by atoms with Crippen molar-refractivity contribution < 1.29 is 14.0 Å². The topological polar surface area (TPSA) is 110 Å². The van der Waals surface area contributed by atoms with Crippen molar-refractivity contribution in [1.82, 2.24) is 29.9 Å². The summed E-state index contributed by atoms with van der Waals surface area (Å²) in [5.74, 6) is 1.73. The Hall–Kier alpha value is -3.95. The quantitative estimate of drug-likeness (QED) is 0.436. The van der Waals surface area contributed by atoms with Gasteiger partial charge in [0.05, 0.1) is 19.9 Å². The fraction of sp³-hybridized carbons (Fsp3) is 0.250. The molecule has 0 atom stereocenters. The van der Waals surface area contributed by atoms with Gasteiger partial charge in [0.15, 0.2) is 23.1 Å². The van der Waals surface area contributed by atoms with Crippen LogP contribution in [0.5, 0.6) is 11.5 Å². The molecule has 0 amide bonds. The number of aromatic nitrogens is 6. The predicted molar refractivity (Wildman–Crippen MR) is 107 cm³/mol. The van der Waals surface area contributed by atoms with Crippen molar-refractivity contribution in [3.8, 4) is 28.6 Å². The molecule has 0 saturated heterocycles. The van der Waals surface area contributed by atoms with Gasteiger partial charge in [-0.3, -0.25) is 9.09 Å². The lowest BCUT2D eigenvalue weighted by molar-refractivity contribution is 0.355. The summed E-state index contributed by atoms with van der Waals surface area (Å²) in [5, 5.41) is 15.9. The minimum Gasteiger partial charge on any atom is -0.493 e. The first kappa shape index (κ1) is 19.4. The minimum atomic E-state index is -0.526. The van der Waals surface area contributed by atoms with E-state index >= 15 is 0 Å². The van der Waals surface area contributed by atoms with E-state index < -0.39 is 5.76 Å². The lowest BCUT2D eigenvalue weighted by Gasteiger charge is -2.09. The number of hydrogen-bond acceptors (Lipinski definition) is 8. The Balaban J connectivity index is 1.52. The molecule has 0 fully saturated rings. The number of ether oxygens (including phenoxy) is 2. The molecule has 2 aromatic carbocycles. The van der Waals surface area contributed by atoms with E-state index in [4.69, 9.17) is 14.0 Å². The monoisotopic (exact) mass is 408 g/mol. The molecule has 154 valence electrons. The molecular formula is C20H20N6O4. The van der Waals surface area contributed by atoms with Crippen LogP contribution >= 0.6 is 0 Å². The van der Waals surface area contributed by atoms with Crippen LogP contribution < -0.4 is 15.2 Å². The molecule has 4 rings (SSSR count). The molecule has 30 heavy (non-hydrogen) atoms. The summed E-state index contributed by atoms with van der Waals surface area (Å²) in [5.41, 5.74) is 1.57. The molecule has 0 aliphatic heterocycles. The third-order valence-electron chi connectivity index (χ3n) is 4.64. The largest absolute Gasteiger partial charge is 0.493 e. The lowest BCUT2D eigenvalue weighted by Crippen LogP contribution is -2.16. The molecule has 0 aliphatic carbocycles. The van der Waals surface area contributed by atoms with Gasteiger partial charge in [-0.15, -0.1) is 5.10 Å². The Morgan fingerprint density at radius 1 is 1.03 bits per heavy atom. The Morgan fingerprint density at radius 3 is 2.60 bits per heavy atom. The second kappa shape index (κ2) is 8.60. The molecule has 0 aliphatic rings. The molecule has 4 aromatic rings. The molecule has 0 bridgehead atoms. The predicted octanol–water partition coefficient (Wildman–Crippen LogP) is 2.13. The van der Waals surface area contributed by atoms with Crippen molar-refractivity contribution >= 4 is 0 Å². The maximum atomic E-state index is 12.2. The van der Waals surface area contributed by atoms with Crippen LogP contribution in [0.2, 0.25) is 0 Å². The maximum absolute atomic E-state index is 12.2. The number of nitrogens with zero attached hydrogens (tertiary/aromatic N) is 6. The average molecular weight is 408 g/mol. The summed E-state index contributed by atoms with van der Waals surface area (Å²) in [6.07, 6.45) is 1.19. The molecule has 10 heteroatoms. The third kappa shape index (κ3) is 3.79. The maximum Gasteiger partial charge on any atom is 0.441 e. The first-order chi connectivity index (χ1) is 14.7. The zero-order chi connectivity index (χ0) is 20.9. The van der Waals surface area contributed by atoms with E-state index in [0.29, 0.717) is 48.1 Å². The van der Waals surface area contributed by atoms with Gasteiger partial charge in [0.2, 0.25) is 0 Å². The number of tetrazole rings is 1. The van der Waals surface area contributed by atoms with Gasteiger partial charge in [-0.25, -0.2) is 4.79 Å². The summed E-state index contributed by atoms with van der Waals surface area (Å²) >= 11 is 0. The molecule has 10 nitrogen and oxygen atoms in total. The van der Waals surface area contributed by atoms with Crippen LogP contribution in [-0.2, 0) is 13.0 Å². The van der Waals surface area contributed by atoms with Crippen LogP contribution in [0.25, 0.3) is 17.1 Å². The van der Waals surface area contributed by atoms with Crippen LogP contribution in [0, 0.1) is 0 Å². The number of hydrogen-bond donors (Lipinski definition) is 0. The zero-order valence-corrected chi connectivity index (χ0v) is 16.6. The molecule has 0 unspecified atom stereocenters. The summed E-state index contributed by atoms with van der Waals surface area (Å²) in [4.78, 5) is 12.2. The van der Waals surface area contributed by atoms with Crippen molar-refractivity contribution in [2.24, 2.45) is 0 Å². The van der Waals surface area contributed by atoms with Crippen LogP contribution in [0.1, 0.15) is 12.2 Å². The summed E-state index contributed by atoms with van der Waals surface area (Å²) < 4.78 is 18.7. The van der Waals surface area contributed by atoms with E-state index in [-0.39, 0.29) is 0 Å². The van der Waals surface area contributed by atoms with Crippen molar-refractivity contribution in [2.45, 2.75) is 19.4 Å². The van der Waals surface area contributed by atoms with Gasteiger partial charge in [-0.05, 0) is 47.2 Å². The second-order valence-corrected chi connectivity index (χ2v) is 6.44. The molecule has 0 saturated carbocycles. The molecule has 0 spiro atoms. The Kier molecular flexibility index (Phi) is 5.55. The Morgan fingerprint density at radius 2 is 1.83 bits per heavy atom. The van der Waals surface area contributed by atoms with Crippen molar-refractivity contribution in [3.05, 3.63) is 64.9 Å². The van der Waals surface area contributed by atoms with Crippen LogP contribution in [0.15, 0.2) is 57.8 Å². The Bertz CT molecular complexity index is 1180. The van der Waals surface area contributed by atoms with Crippen molar-refractivity contribution in [1.29, 1.82) is 0 Å². The molecule has 2 aromatic heterocycles. The molecule has 2 heterocycles. The van der Waals surface area contributed by atoms with Crippen LogP contribution in [-0.4, -0.2) is 44.2 Å². The highest BCUT2D eigenvalue weighted by Gasteiger charge is 2.16. The van der Waals surface area contributed by atoms with Gasteiger partial charge < -0.3 is 9.47 Å². The highest BCUT2D eigenvalue weighted by molar-refractivity contribution is 5.61. The number of rotatable bonds is 8. The van der Waals surface area contributed by atoms with Crippen molar-refractivity contribution in [2.75, 3.05) is 14.2 Å². The SMILES string of the molecule is COc1ccc(-c2noc(=O)n2CCCc2nnnn2-c2ccccc2)cc1OC. The smallest absolute Gasteiger partial charge is 0.441 e.